The van der Waals surface area contributed by atoms with Crippen molar-refractivity contribution >= 4 is 21.8 Å². The van der Waals surface area contributed by atoms with Gasteiger partial charge in [0.2, 0.25) is 0 Å². The molecule has 4 nitrogen and oxygen atoms in total. The van der Waals surface area contributed by atoms with Gasteiger partial charge in [-0.1, -0.05) is 28.8 Å². The summed E-state index contributed by atoms with van der Waals surface area (Å²) in [6, 6.07) is 2.11. The van der Waals surface area contributed by atoms with Crippen molar-refractivity contribution in [2.45, 2.75) is 31.7 Å². The summed E-state index contributed by atoms with van der Waals surface area (Å²) < 4.78 is 1.65. The molecular formula is C12H18BrN3O. The van der Waals surface area contributed by atoms with Gasteiger partial charge in [0, 0.05) is 31.2 Å². The summed E-state index contributed by atoms with van der Waals surface area (Å²) in [4.78, 5) is 14.4. The zero-order valence-electron chi connectivity index (χ0n) is 10.1. The maximum Gasteiger partial charge on any atom is 0.272 e. The van der Waals surface area contributed by atoms with Gasteiger partial charge in [0.25, 0.3) is 5.91 Å². The van der Waals surface area contributed by atoms with Gasteiger partial charge >= 0.3 is 0 Å². The third-order valence-corrected chi connectivity index (χ3v) is 4.10. The minimum absolute atomic E-state index is 0.108. The van der Waals surface area contributed by atoms with Crippen molar-refractivity contribution in [3.05, 3.63) is 18.0 Å². The van der Waals surface area contributed by atoms with Crippen molar-refractivity contribution in [3.63, 3.8) is 0 Å². The molecule has 0 N–H and O–H groups in total. The molecule has 94 valence electrons. The second kappa shape index (κ2) is 5.67. The van der Waals surface area contributed by atoms with Crippen LogP contribution in [0.5, 0.6) is 0 Å². The fourth-order valence-electron chi connectivity index (χ4n) is 2.34. The zero-order chi connectivity index (χ0) is 12.3. The number of carbonyl (C=O) groups excluding carboxylic acids is 1. The Hall–Kier alpha value is -0.840. The van der Waals surface area contributed by atoms with Crippen LogP contribution in [0.3, 0.4) is 0 Å². The Morgan fingerprint density at radius 2 is 2.35 bits per heavy atom. The first kappa shape index (κ1) is 12.6. The van der Waals surface area contributed by atoms with Gasteiger partial charge < -0.3 is 4.90 Å². The lowest BCUT2D eigenvalue weighted by Gasteiger charge is -2.28. The molecule has 1 aromatic rings. The van der Waals surface area contributed by atoms with Gasteiger partial charge in [0.15, 0.2) is 0 Å². The van der Waals surface area contributed by atoms with Gasteiger partial charge in [0.05, 0.1) is 0 Å². The van der Waals surface area contributed by atoms with Crippen molar-refractivity contribution in [1.82, 2.24) is 14.7 Å². The van der Waals surface area contributed by atoms with Crippen LogP contribution in [-0.4, -0.2) is 38.5 Å². The first-order chi connectivity index (χ1) is 8.24. The molecule has 2 heterocycles. The zero-order valence-corrected chi connectivity index (χ0v) is 11.7. The van der Waals surface area contributed by atoms with Crippen LogP contribution < -0.4 is 0 Å². The standard InChI is InChI=1S/C12H18BrN3O/c1-15-11(6-7-14-15)12(17)16-8-4-2-3-5-10(16)9-13/h6-7,10H,2-5,8-9H2,1H3. The number of alkyl halides is 1. The molecule has 2 rings (SSSR count). The molecule has 1 aliphatic heterocycles. The maximum absolute atomic E-state index is 12.4. The number of hydrogen-bond acceptors (Lipinski definition) is 2. The van der Waals surface area contributed by atoms with E-state index in [2.05, 4.69) is 21.0 Å². The fourth-order valence-corrected chi connectivity index (χ4v) is 3.01. The number of aromatic nitrogens is 2. The number of aryl methyl sites for hydroxylation is 1. The first-order valence-corrected chi connectivity index (χ1v) is 7.21. The van der Waals surface area contributed by atoms with E-state index in [4.69, 9.17) is 0 Å². The highest BCUT2D eigenvalue weighted by Gasteiger charge is 2.26. The molecule has 1 atom stereocenters. The molecular weight excluding hydrogens is 282 g/mol. The summed E-state index contributed by atoms with van der Waals surface area (Å²) in [6.45, 7) is 0.861. The molecule has 0 aromatic carbocycles. The Balaban J connectivity index is 2.18. The molecule has 17 heavy (non-hydrogen) atoms. The van der Waals surface area contributed by atoms with E-state index >= 15 is 0 Å². The van der Waals surface area contributed by atoms with E-state index in [0.717, 1.165) is 24.7 Å². The Kier molecular flexibility index (Phi) is 4.20. The lowest BCUT2D eigenvalue weighted by Crippen LogP contribution is -2.41. The number of nitrogens with zero attached hydrogens (tertiary/aromatic N) is 3. The Morgan fingerprint density at radius 3 is 3.00 bits per heavy atom. The summed E-state index contributed by atoms with van der Waals surface area (Å²) in [6.07, 6.45) is 6.31. The van der Waals surface area contributed by atoms with Gasteiger partial charge in [0.1, 0.15) is 5.69 Å². The summed E-state index contributed by atoms with van der Waals surface area (Å²) in [5.41, 5.74) is 0.679. The molecule has 1 fully saturated rings. The van der Waals surface area contributed by atoms with Gasteiger partial charge in [-0.15, -0.1) is 0 Å². The molecule has 0 saturated carbocycles. The second-order valence-corrected chi connectivity index (χ2v) is 5.14. The van der Waals surface area contributed by atoms with Crippen LogP contribution in [0.4, 0.5) is 0 Å². The van der Waals surface area contributed by atoms with E-state index in [1.807, 2.05) is 11.9 Å². The van der Waals surface area contributed by atoms with Crippen molar-refractivity contribution in [2.24, 2.45) is 7.05 Å². The predicted molar refractivity (Wildman–Crippen MR) is 70.3 cm³/mol. The Morgan fingerprint density at radius 1 is 1.53 bits per heavy atom. The van der Waals surface area contributed by atoms with Crippen LogP contribution in [0.2, 0.25) is 0 Å². The molecule has 1 unspecified atom stereocenters. The summed E-state index contributed by atoms with van der Waals surface area (Å²) in [7, 11) is 1.81. The normalized spacial score (nSPS) is 21.3. The average Bonchev–Trinajstić information content (AvgIpc) is 2.64. The number of carbonyl (C=O) groups is 1. The van der Waals surface area contributed by atoms with E-state index in [-0.39, 0.29) is 5.91 Å². The summed E-state index contributed by atoms with van der Waals surface area (Å²) >= 11 is 3.52. The monoisotopic (exact) mass is 299 g/mol. The number of halogens is 1. The van der Waals surface area contributed by atoms with Crippen LogP contribution in [0.25, 0.3) is 0 Å². The lowest BCUT2D eigenvalue weighted by molar-refractivity contribution is 0.0691. The number of amides is 1. The van der Waals surface area contributed by atoms with Gasteiger partial charge in [-0.2, -0.15) is 5.10 Å². The van der Waals surface area contributed by atoms with E-state index in [1.54, 1.807) is 16.9 Å². The van der Waals surface area contributed by atoms with E-state index in [9.17, 15) is 4.79 Å². The maximum atomic E-state index is 12.4. The molecule has 0 bridgehead atoms. The smallest absolute Gasteiger partial charge is 0.272 e. The highest BCUT2D eigenvalue weighted by Crippen LogP contribution is 2.20. The molecule has 5 heteroatoms. The summed E-state index contributed by atoms with van der Waals surface area (Å²) in [5, 5.41) is 4.92. The molecule has 1 aliphatic rings. The van der Waals surface area contributed by atoms with Gasteiger partial charge in [-0.25, -0.2) is 0 Å². The highest BCUT2D eigenvalue weighted by atomic mass is 79.9. The van der Waals surface area contributed by atoms with Crippen molar-refractivity contribution in [2.75, 3.05) is 11.9 Å². The predicted octanol–water partition coefficient (Wildman–Crippen LogP) is 2.20. The van der Waals surface area contributed by atoms with Crippen LogP contribution in [-0.2, 0) is 7.05 Å². The highest BCUT2D eigenvalue weighted by molar-refractivity contribution is 9.09. The van der Waals surface area contributed by atoms with Gasteiger partial charge in [-0.3, -0.25) is 9.48 Å². The van der Waals surface area contributed by atoms with Crippen molar-refractivity contribution in [1.29, 1.82) is 0 Å². The molecule has 0 aliphatic carbocycles. The molecule has 0 radical (unpaired) electrons. The van der Waals surface area contributed by atoms with Crippen LogP contribution in [0.15, 0.2) is 12.3 Å². The number of likely N-dealkylation sites (tertiary alicyclic amines) is 1. The van der Waals surface area contributed by atoms with Crippen molar-refractivity contribution < 1.29 is 4.79 Å². The largest absolute Gasteiger partial charge is 0.334 e. The van der Waals surface area contributed by atoms with Gasteiger partial charge in [-0.05, 0) is 18.9 Å². The summed E-state index contributed by atoms with van der Waals surface area (Å²) in [5.74, 6) is 0.108. The Bertz CT molecular complexity index is 391. The minimum atomic E-state index is 0.108. The number of hydrogen-bond donors (Lipinski definition) is 0. The molecule has 1 aromatic heterocycles. The van der Waals surface area contributed by atoms with Crippen LogP contribution in [0.1, 0.15) is 36.2 Å². The van der Waals surface area contributed by atoms with E-state index < -0.39 is 0 Å². The van der Waals surface area contributed by atoms with Crippen LogP contribution in [0, 0.1) is 0 Å². The van der Waals surface area contributed by atoms with Crippen LogP contribution >= 0.6 is 15.9 Å². The third kappa shape index (κ3) is 2.70. The SMILES string of the molecule is Cn1nccc1C(=O)N1CCCCCC1CBr. The Labute approximate surface area is 110 Å². The minimum Gasteiger partial charge on any atom is -0.334 e. The molecule has 1 saturated heterocycles. The topological polar surface area (TPSA) is 38.1 Å². The number of rotatable bonds is 2. The quantitative estimate of drug-likeness (QED) is 0.785. The average molecular weight is 300 g/mol. The second-order valence-electron chi connectivity index (χ2n) is 4.50. The molecule has 1 amide bonds. The third-order valence-electron chi connectivity index (χ3n) is 3.36. The first-order valence-electron chi connectivity index (χ1n) is 6.09. The lowest BCUT2D eigenvalue weighted by atomic mass is 10.1. The molecule has 0 spiro atoms. The van der Waals surface area contributed by atoms with E-state index in [0.29, 0.717) is 11.7 Å². The van der Waals surface area contributed by atoms with E-state index in [1.165, 1.54) is 12.8 Å². The van der Waals surface area contributed by atoms with Crippen molar-refractivity contribution in [3.8, 4) is 0 Å². The fraction of sp³-hybridized carbons (Fsp3) is 0.667.